The number of hydrogen-bond acceptors (Lipinski definition) is 14. The van der Waals surface area contributed by atoms with Crippen LogP contribution in [0.5, 0.6) is 0 Å². The molecule has 0 saturated heterocycles. The largest absolute Gasteiger partial charge is 0.394 e. The summed E-state index contributed by atoms with van der Waals surface area (Å²) in [5, 5.41) is 42.1. The number of aldehydes is 1. The van der Waals surface area contributed by atoms with E-state index in [1.165, 1.54) is 18.7 Å². The van der Waals surface area contributed by atoms with Crippen LogP contribution in [0.1, 0.15) is 106 Å². The minimum atomic E-state index is -1.70. The maximum absolute atomic E-state index is 14.7. The molecule has 0 bridgehead atoms. The van der Waals surface area contributed by atoms with Crippen molar-refractivity contribution in [2.45, 2.75) is 168 Å². The molecule has 0 aliphatic heterocycles. The number of amides is 9. The van der Waals surface area contributed by atoms with Gasteiger partial charge in [0.25, 0.3) is 0 Å². The molecule has 0 aliphatic carbocycles. The number of thioether (sulfide) groups is 1. The van der Waals surface area contributed by atoms with Crippen molar-refractivity contribution in [2.75, 3.05) is 18.6 Å². The first kappa shape index (κ1) is 65.0. The number of H-pyrrole nitrogens is 1. The molecule has 24 heteroatoms. The lowest BCUT2D eigenvalue weighted by Gasteiger charge is -2.30. The highest BCUT2D eigenvalue weighted by Gasteiger charge is 2.37. The summed E-state index contributed by atoms with van der Waals surface area (Å²) in [5.74, 6) is -7.96. The van der Waals surface area contributed by atoms with E-state index in [0.29, 0.717) is 24.0 Å². The van der Waals surface area contributed by atoms with Crippen molar-refractivity contribution in [3.8, 4) is 0 Å². The third-order valence-electron chi connectivity index (χ3n) is 12.5. The van der Waals surface area contributed by atoms with Crippen LogP contribution in [0.2, 0.25) is 0 Å². The predicted molar refractivity (Wildman–Crippen MR) is 285 cm³/mol. The van der Waals surface area contributed by atoms with Crippen LogP contribution in [0.4, 0.5) is 0 Å². The number of rotatable bonds is 34. The number of benzene rings is 1. The summed E-state index contributed by atoms with van der Waals surface area (Å²) in [6, 6.07) is -4.34. The van der Waals surface area contributed by atoms with E-state index < -0.39 is 126 Å². The van der Waals surface area contributed by atoms with Gasteiger partial charge in [0, 0.05) is 29.9 Å². The molecule has 9 amide bonds. The third kappa shape index (κ3) is 21.6. The van der Waals surface area contributed by atoms with Crippen LogP contribution >= 0.6 is 11.8 Å². The van der Waals surface area contributed by atoms with Crippen molar-refractivity contribution in [1.29, 1.82) is 0 Å². The molecule has 2 rings (SSSR count). The number of hydrogen-bond donors (Lipinski definition) is 13. The summed E-state index contributed by atoms with van der Waals surface area (Å²) in [6.07, 6.45) is 2.48. The van der Waals surface area contributed by atoms with Crippen LogP contribution in [0.15, 0.2) is 30.5 Å². The minimum absolute atomic E-state index is 0.0739. The van der Waals surface area contributed by atoms with Gasteiger partial charge in [0.05, 0.1) is 18.8 Å². The predicted octanol–water partition coefficient (Wildman–Crippen LogP) is -0.699. The second-order valence-electron chi connectivity index (χ2n) is 20.2. The molecule has 0 saturated carbocycles. The Morgan fingerprint density at radius 3 is 1.65 bits per heavy atom. The van der Waals surface area contributed by atoms with Crippen LogP contribution in [0.3, 0.4) is 0 Å². The highest BCUT2D eigenvalue weighted by Crippen LogP contribution is 2.20. The van der Waals surface area contributed by atoms with E-state index in [1.807, 2.05) is 45.9 Å². The first-order chi connectivity index (χ1) is 35.3. The Morgan fingerprint density at radius 1 is 0.653 bits per heavy atom. The van der Waals surface area contributed by atoms with Gasteiger partial charge >= 0.3 is 0 Å². The quantitative estimate of drug-likeness (QED) is 0.0386. The minimum Gasteiger partial charge on any atom is -0.394 e. The number of carbonyl (C=O) groups excluding carboxylic acids is 10. The van der Waals surface area contributed by atoms with Gasteiger partial charge < -0.3 is 74.0 Å². The van der Waals surface area contributed by atoms with Gasteiger partial charge in [0.2, 0.25) is 53.2 Å². The number of aromatic amines is 1. The van der Waals surface area contributed by atoms with Gasteiger partial charge in [-0.05, 0) is 79.9 Å². The van der Waals surface area contributed by atoms with Gasteiger partial charge in [0.15, 0.2) is 0 Å². The Kier molecular flexibility index (Phi) is 28.0. The van der Waals surface area contributed by atoms with Crippen molar-refractivity contribution in [1.82, 2.24) is 47.5 Å². The van der Waals surface area contributed by atoms with E-state index in [-0.39, 0.29) is 56.3 Å². The zero-order chi connectivity index (χ0) is 56.7. The van der Waals surface area contributed by atoms with Crippen molar-refractivity contribution in [2.24, 2.45) is 35.1 Å². The number of carbonyl (C=O) groups is 10. The second-order valence-corrected chi connectivity index (χ2v) is 21.2. The first-order valence-electron chi connectivity index (χ1n) is 25.5. The smallest absolute Gasteiger partial charge is 0.245 e. The molecule has 15 N–H and O–H groups in total. The van der Waals surface area contributed by atoms with Crippen LogP contribution in [0.25, 0.3) is 10.9 Å². The van der Waals surface area contributed by atoms with Crippen LogP contribution < -0.4 is 54.0 Å². The number of aliphatic hydroxyl groups is 2. The van der Waals surface area contributed by atoms with Gasteiger partial charge in [-0.15, -0.1) is 0 Å². The van der Waals surface area contributed by atoms with Crippen LogP contribution in [-0.2, 0) is 54.4 Å². The molecule has 420 valence electrons. The molecular weight excluding hydrogens is 991 g/mol. The van der Waals surface area contributed by atoms with E-state index in [1.54, 1.807) is 46.2 Å². The second kappa shape index (κ2) is 32.4. The number of aliphatic hydroxyl groups excluding tert-OH is 2. The van der Waals surface area contributed by atoms with Gasteiger partial charge in [-0.3, -0.25) is 43.2 Å². The first-order valence-corrected chi connectivity index (χ1v) is 26.9. The fourth-order valence-electron chi connectivity index (χ4n) is 7.86. The topological polar surface area (TPSA) is 375 Å². The average Bonchev–Trinajstić information content (AvgIpc) is 3.76. The molecule has 1 aromatic carbocycles. The SMILES string of the molecule is CC[C@H](C)[C@H](NC(=O)[C@H](Cc1c[nH]c2ccccc12)NC(=O)[C@H](CCSC)NC(=O)[C@H](CC(C)C)NC(=O)[C@H](CC(C)C)NC(=O)[C@@H](N)CO)C(=O)N[C@H](C(=O)N[C@@H](CCC(N)=O)C(=O)N[C@H](C=O)C(C)C)[C@@H](C)O. The Labute approximate surface area is 443 Å². The summed E-state index contributed by atoms with van der Waals surface area (Å²) in [5.41, 5.74) is 12.4. The van der Waals surface area contributed by atoms with Crippen molar-refractivity contribution < 1.29 is 58.2 Å². The number of para-hydroxylation sites is 1. The Hall–Kier alpha value is -6.11. The van der Waals surface area contributed by atoms with Crippen LogP contribution in [-0.4, -0.2) is 154 Å². The number of nitrogens with two attached hydrogens (primary N) is 2. The molecule has 11 atom stereocenters. The molecule has 2 aromatic rings. The van der Waals surface area contributed by atoms with Crippen LogP contribution in [0, 0.1) is 23.7 Å². The molecular formula is C51H83N11O12S. The van der Waals surface area contributed by atoms with Crippen molar-refractivity contribution >= 4 is 82.1 Å². The zero-order valence-corrected chi connectivity index (χ0v) is 45.8. The molecule has 0 fully saturated rings. The Balaban J connectivity index is 2.54. The summed E-state index contributed by atoms with van der Waals surface area (Å²) in [7, 11) is 0. The summed E-state index contributed by atoms with van der Waals surface area (Å²) >= 11 is 1.40. The molecule has 0 unspecified atom stereocenters. The fraction of sp³-hybridized carbons (Fsp3) is 0.647. The Morgan fingerprint density at radius 2 is 1.13 bits per heavy atom. The summed E-state index contributed by atoms with van der Waals surface area (Å²) in [4.78, 5) is 138. The lowest BCUT2D eigenvalue weighted by atomic mass is 9.96. The average molecular weight is 1070 g/mol. The van der Waals surface area contributed by atoms with E-state index in [0.717, 1.165) is 10.9 Å². The number of nitrogens with one attached hydrogen (secondary N) is 9. The van der Waals surface area contributed by atoms with E-state index in [4.69, 9.17) is 11.5 Å². The maximum atomic E-state index is 14.7. The molecule has 75 heavy (non-hydrogen) atoms. The number of aromatic nitrogens is 1. The third-order valence-corrected chi connectivity index (χ3v) is 13.2. The highest BCUT2D eigenvalue weighted by atomic mass is 32.2. The molecule has 1 aromatic heterocycles. The normalized spacial score (nSPS) is 15.9. The van der Waals surface area contributed by atoms with Gasteiger partial charge in [0.1, 0.15) is 54.6 Å². The monoisotopic (exact) mass is 1070 g/mol. The summed E-state index contributed by atoms with van der Waals surface area (Å²) in [6.45, 7) is 14.7. The van der Waals surface area contributed by atoms with Gasteiger partial charge in [-0.25, -0.2) is 0 Å². The molecule has 0 spiro atoms. The maximum Gasteiger partial charge on any atom is 0.245 e. The lowest BCUT2D eigenvalue weighted by molar-refractivity contribution is -0.137. The highest BCUT2D eigenvalue weighted by molar-refractivity contribution is 7.98. The Bertz CT molecular complexity index is 2240. The number of primary amides is 1. The molecule has 1 heterocycles. The molecule has 23 nitrogen and oxygen atoms in total. The molecule has 0 aliphatic rings. The van der Waals surface area contributed by atoms with E-state index in [2.05, 4.69) is 47.5 Å². The van der Waals surface area contributed by atoms with Gasteiger partial charge in [-0.1, -0.05) is 80.0 Å². The fourth-order valence-corrected chi connectivity index (χ4v) is 8.33. The zero-order valence-electron chi connectivity index (χ0n) is 45.0. The lowest BCUT2D eigenvalue weighted by Crippen LogP contribution is -2.62. The molecule has 0 radical (unpaired) electrons. The van der Waals surface area contributed by atoms with E-state index >= 15 is 0 Å². The van der Waals surface area contributed by atoms with Crippen molar-refractivity contribution in [3.05, 3.63) is 36.0 Å². The number of fused-ring (bicyclic) bond motifs is 1. The standard InChI is InChI=1S/C51H83N11O12S/c1-11-29(8)42(50(73)62-43(30(9)65)51(74)56-35(16-17-41(53)66)45(68)60-40(25-64)28(6)7)61-49(72)39(22-31-23-54-34-15-13-12-14-32(31)34)59-46(69)36(18-19-75-10)55-47(70)38(21-27(4)5)58-48(71)37(20-26(2)3)57-44(67)33(52)24-63/h12-15,23,25-30,33,35-40,42-43,54,63,65H,11,16-22,24,52H2,1-10H3,(H2,53,66)(H,55,70)(H,56,74)(H,57,67)(H,58,71)(H,59,69)(H,60,68)(H,61,72)(H,62,73)/t29-,30+,33-,35-,36-,37-,38-,39-,40+,42-,43-/m0/s1. The van der Waals surface area contributed by atoms with Gasteiger partial charge in [-0.2, -0.15) is 11.8 Å². The van der Waals surface area contributed by atoms with Crippen molar-refractivity contribution in [3.63, 3.8) is 0 Å². The van der Waals surface area contributed by atoms with E-state index in [9.17, 15) is 58.2 Å². The summed E-state index contributed by atoms with van der Waals surface area (Å²) < 4.78 is 0.